The summed E-state index contributed by atoms with van der Waals surface area (Å²) in [5.74, 6) is 0.830. The molecule has 136 valence electrons. The van der Waals surface area contributed by atoms with Crippen LogP contribution in [0.3, 0.4) is 0 Å². The van der Waals surface area contributed by atoms with Crippen LogP contribution < -0.4 is 0 Å². The van der Waals surface area contributed by atoms with E-state index in [0.29, 0.717) is 37.0 Å². The van der Waals surface area contributed by atoms with Crippen molar-refractivity contribution >= 4 is 5.78 Å². The maximum Gasteiger partial charge on any atom is 0.133 e. The van der Waals surface area contributed by atoms with Crippen molar-refractivity contribution in [1.82, 2.24) is 0 Å². The van der Waals surface area contributed by atoms with Gasteiger partial charge in [-0.2, -0.15) is 0 Å². The summed E-state index contributed by atoms with van der Waals surface area (Å²) in [4.78, 5) is 12.4. The summed E-state index contributed by atoms with van der Waals surface area (Å²) in [5, 5.41) is 10.9. The first kappa shape index (κ1) is 12.9. The van der Waals surface area contributed by atoms with Gasteiger partial charge in [0.05, 0.1) is 5.60 Å². The van der Waals surface area contributed by atoms with Crippen molar-refractivity contribution in [2.75, 3.05) is 0 Å². The summed E-state index contributed by atoms with van der Waals surface area (Å²) in [5.41, 5.74) is -1.69. The number of hydrogen-bond acceptors (Lipinski definition) is 2. The lowest BCUT2D eigenvalue weighted by atomic mass is 9.44. The third kappa shape index (κ3) is 2.27. The number of ketones is 1. The van der Waals surface area contributed by atoms with Gasteiger partial charge in [-0.1, -0.05) is 13.8 Å². The summed E-state index contributed by atoms with van der Waals surface area (Å²) in [6.45, 7) is 3.82. The molecule has 0 aromatic heterocycles. The van der Waals surface area contributed by atoms with Crippen LogP contribution >= 0.6 is 0 Å². The number of aliphatic hydroxyl groups is 1. The topological polar surface area (TPSA) is 37.3 Å². The molecule has 0 aliphatic heterocycles. The molecule has 8 atom stereocenters. The van der Waals surface area contributed by atoms with Crippen molar-refractivity contribution in [3.63, 3.8) is 0 Å². The van der Waals surface area contributed by atoms with Crippen molar-refractivity contribution in [1.29, 1.82) is 0 Å². The molecule has 2 nitrogen and oxygen atoms in total. The normalized spacial score (nSPS) is 63.0. The first-order chi connectivity index (χ1) is 12.8. The number of carbonyl (C=O) groups excluding carboxylic acids is 1. The molecule has 4 fully saturated rings. The van der Waals surface area contributed by atoms with E-state index in [4.69, 9.17) is 5.48 Å². The summed E-state index contributed by atoms with van der Waals surface area (Å²) in [6, 6.07) is 0. The number of hydrogen-bond donors (Lipinski definition) is 1. The smallest absolute Gasteiger partial charge is 0.133 e. The number of carbonyl (C=O) groups is 1. The van der Waals surface area contributed by atoms with Gasteiger partial charge in [-0.15, -0.1) is 0 Å². The second kappa shape index (κ2) is 5.32. The van der Waals surface area contributed by atoms with Crippen LogP contribution in [0.15, 0.2) is 0 Å². The van der Waals surface area contributed by atoms with Gasteiger partial charge >= 0.3 is 0 Å². The molecule has 4 saturated carbocycles. The first-order valence-corrected chi connectivity index (χ1v) is 10.0. The van der Waals surface area contributed by atoms with Crippen molar-refractivity contribution < 1.29 is 15.4 Å². The molecule has 0 aromatic carbocycles. The maximum absolute atomic E-state index is 12.4. The molecule has 0 unspecified atom stereocenters. The maximum atomic E-state index is 12.4. The van der Waals surface area contributed by atoms with Crippen LogP contribution in [0.2, 0.25) is 0 Å². The van der Waals surface area contributed by atoms with Crippen LogP contribution in [0.4, 0.5) is 0 Å². The van der Waals surface area contributed by atoms with E-state index in [1.165, 1.54) is 0 Å². The average molecular weight is 337 g/mol. The fourth-order valence-electron chi connectivity index (χ4n) is 7.64. The molecule has 1 N–H and O–H groups in total. The number of fused-ring (bicyclic) bond motifs is 5. The van der Waals surface area contributed by atoms with E-state index in [2.05, 4.69) is 13.8 Å². The van der Waals surface area contributed by atoms with Gasteiger partial charge in [0.15, 0.2) is 0 Å². The Bertz CT molecular complexity index is 678. The zero-order valence-corrected chi connectivity index (χ0v) is 15.5. The van der Waals surface area contributed by atoms with Crippen LogP contribution in [0.1, 0.15) is 90.9 Å². The van der Waals surface area contributed by atoms with Crippen LogP contribution in [-0.2, 0) is 4.79 Å². The third-order valence-corrected chi connectivity index (χ3v) is 8.94. The minimum absolute atomic E-state index is 0.0243. The third-order valence-electron chi connectivity index (χ3n) is 8.94. The summed E-state index contributed by atoms with van der Waals surface area (Å²) in [7, 11) is 0. The van der Waals surface area contributed by atoms with E-state index in [9.17, 15) is 9.90 Å². The predicted molar refractivity (Wildman–Crippen MR) is 96.5 cm³/mol. The molecule has 4 aliphatic carbocycles. The molecule has 24 heavy (non-hydrogen) atoms. The van der Waals surface area contributed by atoms with E-state index < -0.39 is 18.3 Å². The van der Waals surface area contributed by atoms with Gasteiger partial charge in [0.25, 0.3) is 0 Å². The number of Topliss-reactive ketones (excluding diaryl/α,β-unsaturated/α-hetero) is 1. The summed E-state index contributed by atoms with van der Waals surface area (Å²) >= 11 is 0. The Kier molecular flexibility index (Phi) is 2.86. The van der Waals surface area contributed by atoms with E-state index in [1.807, 2.05) is 0 Å². The molecular formula is C22H36O2. The Morgan fingerprint density at radius 2 is 1.79 bits per heavy atom. The van der Waals surface area contributed by atoms with E-state index in [1.54, 1.807) is 6.92 Å². The Morgan fingerprint density at radius 1 is 1.04 bits per heavy atom. The molecule has 2 heteroatoms. The lowest BCUT2D eigenvalue weighted by Gasteiger charge is -2.61. The predicted octanol–water partition coefficient (Wildman–Crippen LogP) is 4.99. The summed E-state index contributed by atoms with van der Waals surface area (Å²) in [6.07, 6.45) is 7.16. The fraction of sp³-hybridized carbons (Fsp3) is 0.955. The minimum Gasteiger partial charge on any atom is -0.390 e. The zero-order valence-electron chi connectivity index (χ0n) is 19.5. The van der Waals surface area contributed by atoms with Gasteiger partial charge in [0.1, 0.15) is 5.78 Å². The van der Waals surface area contributed by atoms with Crippen molar-refractivity contribution in [2.45, 2.75) is 91.0 Å². The highest BCUT2D eigenvalue weighted by atomic mass is 16.3. The highest BCUT2D eigenvalue weighted by Gasteiger charge is 2.61. The second-order valence-electron chi connectivity index (χ2n) is 9.92. The van der Waals surface area contributed by atoms with Gasteiger partial charge in [-0.05, 0) is 106 Å². The Balaban J connectivity index is 1.61. The van der Waals surface area contributed by atoms with Crippen LogP contribution in [0.25, 0.3) is 0 Å². The van der Waals surface area contributed by atoms with Crippen molar-refractivity contribution in [3.05, 3.63) is 0 Å². The minimum atomic E-state index is -2.31. The van der Waals surface area contributed by atoms with Crippen LogP contribution in [0, 0.1) is 40.4 Å². The van der Waals surface area contributed by atoms with Crippen LogP contribution in [0.5, 0.6) is 0 Å². The van der Waals surface area contributed by atoms with Gasteiger partial charge in [-0.3, -0.25) is 4.79 Å². The van der Waals surface area contributed by atoms with Crippen molar-refractivity contribution in [3.8, 4) is 0 Å². The lowest BCUT2D eigenvalue weighted by Crippen LogP contribution is -2.55. The average Bonchev–Trinajstić information content (AvgIpc) is 2.87. The Morgan fingerprint density at radius 3 is 2.50 bits per heavy atom. The van der Waals surface area contributed by atoms with E-state index in [0.717, 1.165) is 38.5 Å². The molecule has 4 rings (SSSR count). The molecule has 0 saturated heterocycles. The molecule has 0 bridgehead atoms. The largest absolute Gasteiger partial charge is 0.390 e. The first-order valence-electron chi connectivity index (χ1n) is 12.0. The fourth-order valence-corrected chi connectivity index (χ4v) is 7.64. The molecule has 0 radical (unpaired) electrons. The second-order valence-corrected chi connectivity index (χ2v) is 9.92. The van der Waals surface area contributed by atoms with Gasteiger partial charge < -0.3 is 5.11 Å². The lowest BCUT2D eigenvalue weighted by molar-refractivity contribution is -0.150. The monoisotopic (exact) mass is 336 g/mol. The SMILES string of the molecule is [2H]C([2H])([2H])[C@]1(O)CC[C@@]2(C)[C@@H](CC[C@@H]3[C@@H]2CC[C@@]2(C)[C@H]3CC[C@]2([2H])C(C)=O)C1. The van der Waals surface area contributed by atoms with Gasteiger partial charge in [0.2, 0.25) is 0 Å². The molecular weight excluding hydrogens is 296 g/mol. The molecule has 0 aromatic rings. The molecule has 4 aliphatic rings. The highest BCUT2D eigenvalue weighted by molar-refractivity contribution is 5.79. The number of rotatable bonds is 1. The molecule has 0 amide bonds. The quantitative estimate of drug-likeness (QED) is 0.733. The molecule has 0 heterocycles. The standard InChI is InChI=1S/C22H36O2/c1-14(23)17-7-8-18-16-6-5-15-13-20(2,24)11-12-21(15,3)19(16)9-10-22(17,18)4/h15-19,24H,5-13H2,1-4H3/t15-,16-,17+,18-,19-,20-,21-,22+/m0/s1/i2D3,17D. The van der Waals surface area contributed by atoms with Crippen molar-refractivity contribution in [2.24, 2.45) is 40.4 Å². The van der Waals surface area contributed by atoms with Crippen LogP contribution in [-0.4, -0.2) is 16.5 Å². The summed E-state index contributed by atoms with van der Waals surface area (Å²) < 4.78 is 32.4. The molecule has 0 spiro atoms. The van der Waals surface area contributed by atoms with E-state index in [-0.39, 0.29) is 22.5 Å². The highest BCUT2D eigenvalue weighted by Crippen LogP contribution is 2.68. The Labute approximate surface area is 153 Å². The van der Waals surface area contributed by atoms with E-state index >= 15 is 0 Å². The van der Waals surface area contributed by atoms with Gasteiger partial charge in [-0.25, -0.2) is 0 Å². The zero-order chi connectivity index (χ0) is 20.8. The van der Waals surface area contributed by atoms with Gasteiger partial charge in [0, 0.05) is 11.4 Å². The Hall–Kier alpha value is -0.370.